The molecule has 1 saturated carbocycles. The summed E-state index contributed by atoms with van der Waals surface area (Å²) in [5.41, 5.74) is 5.25. The summed E-state index contributed by atoms with van der Waals surface area (Å²) in [6.45, 7) is 0. The lowest BCUT2D eigenvalue weighted by atomic mass is 9.97. The average molecular weight is 296 g/mol. The number of hydrogen-bond donors (Lipinski definition) is 1. The predicted molar refractivity (Wildman–Crippen MR) is 75.5 cm³/mol. The Hall–Kier alpha value is -1.60. The maximum Gasteiger partial charge on any atom is 0.327 e. The normalized spacial score (nSPS) is 17.3. The van der Waals surface area contributed by atoms with Crippen molar-refractivity contribution in [3.05, 3.63) is 34.4 Å². The van der Waals surface area contributed by atoms with E-state index in [1.807, 2.05) is 0 Å². The van der Waals surface area contributed by atoms with Crippen molar-refractivity contribution in [1.29, 1.82) is 0 Å². The first kappa shape index (κ1) is 14.8. The number of methoxy groups -OCH3 is 1. The molecule has 0 heterocycles. The van der Waals surface area contributed by atoms with E-state index in [1.54, 1.807) is 12.1 Å². The first-order valence-electron chi connectivity index (χ1n) is 6.22. The Kier molecular flexibility index (Phi) is 4.29. The summed E-state index contributed by atoms with van der Waals surface area (Å²) in [5, 5.41) is 10.6. The van der Waals surface area contributed by atoms with Crippen LogP contribution >= 0.6 is 11.8 Å². The van der Waals surface area contributed by atoms with Gasteiger partial charge in [0, 0.05) is 22.8 Å². The van der Waals surface area contributed by atoms with Crippen LogP contribution in [0.25, 0.3) is 0 Å². The Balaban J connectivity index is 2.02. The lowest BCUT2D eigenvalue weighted by molar-refractivity contribution is -0.384. The van der Waals surface area contributed by atoms with Gasteiger partial charge in [-0.25, -0.2) is 0 Å². The molecule has 0 aromatic heterocycles. The van der Waals surface area contributed by atoms with Crippen LogP contribution in [0.4, 0.5) is 5.69 Å². The molecule has 0 saturated heterocycles. The van der Waals surface area contributed by atoms with Crippen molar-refractivity contribution in [3.63, 3.8) is 0 Å². The van der Waals surface area contributed by atoms with Gasteiger partial charge >= 0.3 is 5.97 Å². The Labute approximate surface area is 120 Å². The van der Waals surface area contributed by atoms with E-state index in [1.165, 1.54) is 31.0 Å². The van der Waals surface area contributed by atoms with Crippen LogP contribution in [-0.2, 0) is 9.53 Å². The van der Waals surface area contributed by atoms with Crippen LogP contribution in [0.15, 0.2) is 29.2 Å². The van der Waals surface area contributed by atoms with Gasteiger partial charge in [0.05, 0.1) is 12.0 Å². The van der Waals surface area contributed by atoms with E-state index < -0.39 is 16.4 Å². The van der Waals surface area contributed by atoms with E-state index in [0.717, 1.165) is 17.7 Å². The zero-order valence-corrected chi connectivity index (χ0v) is 11.9. The van der Waals surface area contributed by atoms with Gasteiger partial charge in [0.1, 0.15) is 5.54 Å². The highest BCUT2D eigenvalue weighted by molar-refractivity contribution is 7.99. The number of nitro benzene ring substituents is 1. The van der Waals surface area contributed by atoms with Crippen LogP contribution in [0, 0.1) is 16.0 Å². The number of ether oxygens (including phenoxy) is 1. The molecule has 0 spiro atoms. The third-order valence-electron chi connectivity index (χ3n) is 3.40. The topological polar surface area (TPSA) is 95.5 Å². The average Bonchev–Trinajstić information content (AvgIpc) is 3.29. The van der Waals surface area contributed by atoms with Gasteiger partial charge in [-0.05, 0) is 30.9 Å². The maximum absolute atomic E-state index is 11.8. The molecule has 2 rings (SSSR count). The number of esters is 1. The van der Waals surface area contributed by atoms with Crippen molar-refractivity contribution in [2.24, 2.45) is 11.7 Å². The zero-order chi connectivity index (χ0) is 14.8. The van der Waals surface area contributed by atoms with Crippen molar-refractivity contribution in [1.82, 2.24) is 0 Å². The van der Waals surface area contributed by atoms with Gasteiger partial charge in [0.25, 0.3) is 5.69 Å². The second-order valence-electron chi connectivity index (χ2n) is 4.85. The molecular formula is C13H16N2O4S. The Morgan fingerprint density at radius 1 is 1.50 bits per heavy atom. The fraction of sp³-hybridized carbons (Fsp3) is 0.462. The summed E-state index contributed by atoms with van der Waals surface area (Å²) in [6, 6.07) is 6.20. The van der Waals surface area contributed by atoms with Crippen molar-refractivity contribution in [3.8, 4) is 0 Å². The Morgan fingerprint density at radius 3 is 2.55 bits per heavy atom. The number of carbonyl (C=O) groups is 1. The molecule has 2 N–H and O–H groups in total. The molecular weight excluding hydrogens is 280 g/mol. The minimum atomic E-state index is -0.971. The molecule has 1 unspecified atom stereocenters. The van der Waals surface area contributed by atoms with Gasteiger partial charge in [-0.1, -0.05) is 0 Å². The molecule has 0 aliphatic heterocycles. The number of rotatable bonds is 6. The third-order valence-corrected chi connectivity index (χ3v) is 4.62. The highest BCUT2D eigenvalue weighted by Gasteiger charge is 2.48. The molecule has 0 bridgehead atoms. The molecule has 6 nitrogen and oxygen atoms in total. The number of thioether (sulfide) groups is 1. The summed E-state index contributed by atoms with van der Waals surface area (Å²) in [4.78, 5) is 22.8. The second-order valence-corrected chi connectivity index (χ2v) is 5.89. The first-order valence-corrected chi connectivity index (χ1v) is 7.20. The fourth-order valence-corrected chi connectivity index (χ4v) is 3.09. The summed E-state index contributed by atoms with van der Waals surface area (Å²) < 4.78 is 4.79. The molecule has 1 aliphatic rings. The van der Waals surface area contributed by atoms with Crippen molar-refractivity contribution in [2.75, 3.05) is 12.9 Å². The highest BCUT2D eigenvalue weighted by Crippen LogP contribution is 2.41. The van der Waals surface area contributed by atoms with Gasteiger partial charge in [-0.2, -0.15) is 0 Å². The number of non-ortho nitro benzene ring substituents is 1. The van der Waals surface area contributed by atoms with Crippen molar-refractivity contribution >= 4 is 23.4 Å². The van der Waals surface area contributed by atoms with E-state index in [0.29, 0.717) is 5.75 Å². The van der Waals surface area contributed by atoms with E-state index in [9.17, 15) is 14.9 Å². The standard InChI is InChI=1S/C13H16N2O4S/c1-19-12(16)13(14,9-2-3-9)8-20-11-6-4-10(5-7-11)15(17)18/h4-7,9H,2-3,8,14H2,1H3. The lowest BCUT2D eigenvalue weighted by Gasteiger charge is -2.25. The van der Waals surface area contributed by atoms with E-state index >= 15 is 0 Å². The molecule has 108 valence electrons. The molecule has 7 heteroatoms. The molecule has 1 aromatic carbocycles. The predicted octanol–water partition coefficient (Wildman–Crippen LogP) is 1.97. The van der Waals surface area contributed by atoms with Crippen LogP contribution in [0.1, 0.15) is 12.8 Å². The van der Waals surface area contributed by atoms with E-state index in [4.69, 9.17) is 10.5 Å². The summed E-state index contributed by atoms with van der Waals surface area (Å²) in [7, 11) is 1.34. The zero-order valence-electron chi connectivity index (χ0n) is 11.1. The number of carbonyl (C=O) groups excluding carboxylic acids is 1. The monoisotopic (exact) mass is 296 g/mol. The first-order chi connectivity index (χ1) is 9.47. The number of nitrogens with two attached hydrogens (primary N) is 1. The second kappa shape index (κ2) is 5.80. The third kappa shape index (κ3) is 3.10. The smallest absolute Gasteiger partial charge is 0.327 e. The molecule has 1 fully saturated rings. The van der Waals surface area contributed by atoms with Crippen LogP contribution in [0.3, 0.4) is 0 Å². The minimum absolute atomic E-state index is 0.0449. The van der Waals surface area contributed by atoms with Gasteiger partial charge in [-0.3, -0.25) is 14.9 Å². The van der Waals surface area contributed by atoms with Crippen LogP contribution in [-0.4, -0.2) is 29.3 Å². The maximum atomic E-state index is 11.8. The van der Waals surface area contributed by atoms with Crippen molar-refractivity contribution < 1.29 is 14.5 Å². The van der Waals surface area contributed by atoms with Crippen molar-refractivity contribution in [2.45, 2.75) is 23.3 Å². The van der Waals surface area contributed by atoms with E-state index in [2.05, 4.69) is 0 Å². The quantitative estimate of drug-likeness (QED) is 0.373. The SMILES string of the molecule is COC(=O)C(N)(CSc1ccc([N+](=O)[O-])cc1)C1CC1. The molecule has 0 radical (unpaired) electrons. The van der Waals surface area contributed by atoms with Gasteiger partial charge in [-0.15, -0.1) is 11.8 Å². The molecule has 1 aliphatic carbocycles. The summed E-state index contributed by atoms with van der Waals surface area (Å²) >= 11 is 1.41. The number of nitro groups is 1. The fourth-order valence-electron chi connectivity index (χ4n) is 2.00. The summed E-state index contributed by atoms with van der Waals surface area (Å²) in [6.07, 6.45) is 1.87. The molecule has 1 aromatic rings. The highest BCUT2D eigenvalue weighted by atomic mass is 32.2. The van der Waals surface area contributed by atoms with Gasteiger partial charge in [0.2, 0.25) is 0 Å². The number of hydrogen-bond acceptors (Lipinski definition) is 6. The lowest BCUT2D eigenvalue weighted by Crippen LogP contribution is -2.53. The van der Waals surface area contributed by atoms with Gasteiger partial charge < -0.3 is 10.5 Å². The molecule has 20 heavy (non-hydrogen) atoms. The number of nitrogens with zero attached hydrogens (tertiary/aromatic N) is 1. The van der Waals surface area contributed by atoms with Crippen LogP contribution in [0.5, 0.6) is 0 Å². The Morgan fingerprint density at radius 2 is 2.10 bits per heavy atom. The largest absolute Gasteiger partial charge is 0.468 e. The molecule has 0 amide bonds. The minimum Gasteiger partial charge on any atom is -0.468 e. The van der Waals surface area contributed by atoms with Gasteiger partial charge in [0.15, 0.2) is 0 Å². The van der Waals surface area contributed by atoms with Crippen LogP contribution < -0.4 is 5.73 Å². The Bertz CT molecular complexity index is 516. The summed E-state index contributed by atoms with van der Waals surface area (Å²) in [5.74, 6) is 0.178. The molecule has 1 atom stereocenters. The van der Waals surface area contributed by atoms with E-state index in [-0.39, 0.29) is 11.6 Å². The van der Waals surface area contributed by atoms with Crippen LogP contribution in [0.2, 0.25) is 0 Å². The number of benzene rings is 1.